The summed E-state index contributed by atoms with van der Waals surface area (Å²) in [7, 11) is 0. The standard InChI is InChI=1S/C23H21N5O4S/c29-21-19(33-23(30)26-21)13-16-14-20(32-15-18-7-4-12-31-18)25-22(24-16)28-10-8-27(9-11-28)17-5-2-1-3-6-17/h1-7,12-14H,8-11,15H2,(H,26,29,30)/b19-13+. The van der Waals surface area contributed by atoms with Crippen LogP contribution in [0.2, 0.25) is 0 Å². The van der Waals surface area contributed by atoms with Crippen LogP contribution in [0.3, 0.4) is 0 Å². The molecule has 0 aliphatic carbocycles. The van der Waals surface area contributed by atoms with Gasteiger partial charge in [-0.15, -0.1) is 0 Å². The molecule has 4 heterocycles. The van der Waals surface area contributed by atoms with Crippen molar-refractivity contribution >= 4 is 40.6 Å². The molecule has 1 aromatic carbocycles. The zero-order chi connectivity index (χ0) is 22.6. The van der Waals surface area contributed by atoms with Crippen molar-refractivity contribution in [2.24, 2.45) is 0 Å². The third kappa shape index (κ3) is 5.01. The Morgan fingerprint density at radius 3 is 2.52 bits per heavy atom. The quantitative estimate of drug-likeness (QED) is 0.552. The first-order chi connectivity index (χ1) is 16.1. The Labute approximate surface area is 194 Å². The van der Waals surface area contributed by atoms with Gasteiger partial charge in [0.1, 0.15) is 12.4 Å². The van der Waals surface area contributed by atoms with Gasteiger partial charge in [0.25, 0.3) is 11.1 Å². The number of carbonyl (C=O) groups excluding carboxylic acids is 2. The third-order valence-corrected chi connectivity index (χ3v) is 6.07. The highest BCUT2D eigenvalue weighted by atomic mass is 32.2. The van der Waals surface area contributed by atoms with Gasteiger partial charge in [-0.2, -0.15) is 4.98 Å². The van der Waals surface area contributed by atoms with Crippen molar-refractivity contribution in [1.29, 1.82) is 0 Å². The zero-order valence-corrected chi connectivity index (χ0v) is 18.5. The van der Waals surface area contributed by atoms with E-state index in [9.17, 15) is 9.59 Å². The lowest BCUT2D eigenvalue weighted by Gasteiger charge is -2.36. The van der Waals surface area contributed by atoms with E-state index >= 15 is 0 Å². The Bertz CT molecular complexity index is 1170. The molecular weight excluding hydrogens is 442 g/mol. The molecule has 1 N–H and O–H groups in total. The molecule has 33 heavy (non-hydrogen) atoms. The van der Waals surface area contributed by atoms with E-state index in [4.69, 9.17) is 9.15 Å². The molecule has 2 amide bonds. The maximum absolute atomic E-state index is 12.0. The predicted molar refractivity (Wildman–Crippen MR) is 125 cm³/mol. The number of furan rings is 1. The van der Waals surface area contributed by atoms with Crippen LogP contribution < -0.4 is 19.9 Å². The first-order valence-electron chi connectivity index (χ1n) is 10.5. The van der Waals surface area contributed by atoms with Crippen LogP contribution in [0, 0.1) is 0 Å². The lowest BCUT2D eigenvalue weighted by molar-refractivity contribution is -0.115. The third-order valence-electron chi connectivity index (χ3n) is 5.26. The van der Waals surface area contributed by atoms with Crippen molar-refractivity contribution in [3.05, 3.63) is 71.2 Å². The minimum absolute atomic E-state index is 0.217. The number of aromatic nitrogens is 2. The van der Waals surface area contributed by atoms with E-state index in [1.54, 1.807) is 24.5 Å². The fourth-order valence-corrected chi connectivity index (χ4v) is 4.28. The van der Waals surface area contributed by atoms with Crippen molar-refractivity contribution in [2.75, 3.05) is 36.0 Å². The number of ether oxygens (including phenoxy) is 1. The molecule has 0 spiro atoms. The fraction of sp³-hybridized carbons (Fsp3) is 0.217. The summed E-state index contributed by atoms with van der Waals surface area (Å²) in [6.45, 7) is 3.34. The highest BCUT2D eigenvalue weighted by molar-refractivity contribution is 8.18. The van der Waals surface area contributed by atoms with Gasteiger partial charge in [0.2, 0.25) is 11.8 Å². The Morgan fingerprint density at radius 1 is 1.03 bits per heavy atom. The molecule has 2 saturated heterocycles. The zero-order valence-electron chi connectivity index (χ0n) is 17.6. The molecule has 0 saturated carbocycles. The molecule has 0 unspecified atom stereocenters. The molecule has 10 heteroatoms. The van der Waals surface area contributed by atoms with Crippen molar-refractivity contribution in [3.63, 3.8) is 0 Å². The highest BCUT2D eigenvalue weighted by Crippen LogP contribution is 2.27. The van der Waals surface area contributed by atoms with Gasteiger partial charge in [-0.05, 0) is 42.1 Å². The summed E-state index contributed by atoms with van der Waals surface area (Å²) in [5, 5.41) is 1.86. The van der Waals surface area contributed by atoms with Crippen LogP contribution in [0.25, 0.3) is 6.08 Å². The average Bonchev–Trinajstić information content (AvgIpc) is 3.47. The Kier molecular flexibility index (Phi) is 5.99. The summed E-state index contributed by atoms with van der Waals surface area (Å²) in [4.78, 5) is 37.4. The van der Waals surface area contributed by atoms with E-state index in [1.165, 1.54) is 5.69 Å². The van der Waals surface area contributed by atoms with Crippen LogP contribution in [0.15, 0.2) is 64.1 Å². The number of imide groups is 1. The SMILES string of the molecule is O=C1NC(=O)/C(=C\c2cc(OCc3ccco3)nc(N3CCN(c4ccccc4)CC3)n2)S1. The number of carbonyl (C=O) groups is 2. The second-order valence-corrected chi connectivity index (χ2v) is 8.48. The van der Waals surface area contributed by atoms with Gasteiger partial charge >= 0.3 is 0 Å². The van der Waals surface area contributed by atoms with E-state index in [0.29, 0.717) is 23.3 Å². The number of amides is 2. The van der Waals surface area contributed by atoms with Crippen LogP contribution in [0.4, 0.5) is 16.4 Å². The molecule has 2 fully saturated rings. The number of thioether (sulfide) groups is 1. The van der Waals surface area contributed by atoms with E-state index in [2.05, 4.69) is 37.2 Å². The number of nitrogens with one attached hydrogen (secondary N) is 1. The lowest BCUT2D eigenvalue weighted by Crippen LogP contribution is -2.47. The number of hydrogen-bond donors (Lipinski definition) is 1. The van der Waals surface area contributed by atoms with E-state index in [0.717, 1.165) is 37.9 Å². The number of hydrogen-bond acceptors (Lipinski definition) is 9. The van der Waals surface area contributed by atoms with Crippen LogP contribution >= 0.6 is 11.8 Å². The first kappa shape index (κ1) is 21.1. The van der Waals surface area contributed by atoms with Crippen molar-refractivity contribution in [3.8, 4) is 5.88 Å². The van der Waals surface area contributed by atoms with E-state index < -0.39 is 11.1 Å². The Morgan fingerprint density at radius 2 is 1.82 bits per heavy atom. The molecule has 2 aliphatic rings. The van der Waals surface area contributed by atoms with Crippen molar-refractivity contribution in [1.82, 2.24) is 15.3 Å². The molecule has 0 bridgehead atoms. The number of nitrogens with zero attached hydrogens (tertiary/aromatic N) is 4. The molecule has 2 aromatic heterocycles. The van der Waals surface area contributed by atoms with Gasteiger partial charge in [-0.1, -0.05) is 18.2 Å². The smallest absolute Gasteiger partial charge is 0.290 e. The number of benzene rings is 1. The summed E-state index contributed by atoms with van der Waals surface area (Å²) >= 11 is 0.850. The van der Waals surface area contributed by atoms with Gasteiger partial charge < -0.3 is 19.0 Å². The van der Waals surface area contributed by atoms with Gasteiger partial charge in [0.15, 0.2) is 0 Å². The first-order valence-corrected chi connectivity index (χ1v) is 11.3. The summed E-state index contributed by atoms with van der Waals surface area (Å²) in [6.07, 6.45) is 3.16. The topological polar surface area (TPSA) is 101 Å². The number of rotatable bonds is 6. The van der Waals surface area contributed by atoms with Crippen molar-refractivity contribution < 1.29 is 18.7 Å². The highest BCUT2D eigenvalue weighted by Gasteiger charge is 2.26. The number of para-hydroxylation sites is 1. The fourth-order valence-electron chi connectivity index (χ4n) is 3.62. The second kappa shape index (κ2) is 9.37. The maximum Gasteiger partial charge on any atom is 0.290 e. The van der Waals surface area contributed by atoms with E-state index in [1.807, 2.05) is 24.3 Å². The summed E-state index contributed by atoms with van der Waals surface area (Å²) in [6, 6.07) is 15.5. The molecule has 168 valence electrons. The maximum atomic E-state index is 12.0. The normalized spacial score (nSPS) is 17.5. The van der Waals surface area contributed by atoms with Crippen LogP contribution in [0.5, 0.6) is 5.88 Å². The summed E-state index contributed by atoms with van der Waals surface area (Å²) in [5.41, 5.74) is 1.68. The van der Waals surface area contributed by atoms with Crippen LogP contribution in [0.1, 0.15) is 11.5 Å². The minimum atomic E-state index is -0.431. The van der Waals surface area contributed by atoms with Gasteiger partial charge in [0.05, 0.1) is 16.9 Å². The van der Waals surface area contributed by atoms with Gasteiger partial charge in [-0.3, -0.25) is 14.9 Å². The molecule has 3 aromatic rings. The number of anilines is 2. The molecule has 9 nitrogen and oxygen atoms in total. The van der Waals surface area contributed by atoms with Crippen LogP contribution in [-0.4, -0.2) is 47.3 Å². The largest absolute Gasteiger partial charge is 0.469 e. The second-order valence-electron chi connectivity index (χ2n) is 7.46. The summed E-state index contributed by atoms with van der Waals surface area (Å²) in [5.74, 6) is 1.12. The van der Waals surface area contributed by atoms with E-state index in [-0.39, 0.29) is 11.5 Å². The molecule has 0 atom stereocenters. The van der Waals surface area contributed by atoms with Gasteiger partial charge in [-0.25, -0.2) is 4.98 Å². The Balaban J connectivity index is 1.37. The lowest BCUT2D eigenvalue weighted by atomic mass is 10.2. The van der Waals surface area contributed by atoms with Gasteiger partial charge in [0, 0.05) is 37.9 Å². The molecule has 2 aliphatic heterocycles. The average molecular weight is 464 g/mol. The summed E-state index contributed by atoms with van der Waals surface area (Å²) < 4.78 is 11.2. The van der Waals surface area contributed by atoms with Crippen molar-refractivity contribution in [2.45, 2.75) is 6.61 Å². The molecule has 5 rings (SSSR count). The predicted octanol–water partition coefficient (Wildman–Crippen LogP) is 3.30. The number of piperazine rings is 1. The van der Waals surface area contributed by atoms with Crippen LogP contribution in [-0.2, 0) is 11.4 Å². The molecule has 0 radical (unpaired) electrons. The minimum Gasteiger partial charge on any atom is -0.469 e. The Hall–Kier alpha value is -3.79. The monoisotopic (exact) mass is 463 g/mol. The molecular formula is C23H21N5O4S.